The summed E-state index contributed by atoms with van der Waals surface area (Å²) in [6.45, 7) is 19.1. The van der Waals surface area contributed by atoms with E-state index in [0.29, 0.717) is 101 Å². The fourth-order valence-corrected chi connectivity index (χ4v) is 12.4. The van der Waals surface area contributed by atoms with Crippen molar-refractivity contribution in [3.63, 3.8) is 0 Å². The highest BCUT2D eigenvalue weighted by molar-refractivity contribution is 5.57. The minimum absolute atomic E-state index is 0.223. The van der Waals surface area contributed by atoms with Crippen molar-refractivity contribution in [3.05, 3.63) is 323 Å². The summed E-state index contributed by atoms with van der Waals surface area (Å²) < 4.78 is 0. The molecule has 8 aromatic carbocycles. The molecule has 0 spiro atoms. The van der Waals surface area contributed by atoms with Crippen molar-refractivity contribution in [2.75, 3.05) is 141 Å². The van der Waals surface area contributed by atoms with Crippen LogP contribution in [0.25, 0.3) is 0 Å². The molecule has 40 nitrogen and oxygen atoms in total. The molecule has 8 heterocycles. The number of benzene rings is 8. The second kappa shape index (κ2) is 55.0. The van der Waals surface area contributed by atoms with Crippen molar-refractivity contribution >= 4 is 107 Å². The van der Waals surface area contributed by atoms with Crippen LogP contribution in [0.5, 0.6) is 0 Å². The second-order valence-electron chi connectivity index (χ2n) is 30.3. The number of hydrogen-bond acceptors (Lipinski definition) is 40. The van der Waals surface area contributed by atoms with Gasteiger partial charge in [-0.05, 0) is 152 Å². The molecular weight excluding hydrogens is 1710 g/mol. The van der Waals surface area contributed by atoms with Crippen molar-refractivity contribution in [1.29, 1.82) is 0 Å². The number of likely N-dealkylation sites (N-methyl/N-ethyl adjacent to an activating group) is 1. The number of nitrogens with zero attached hydrogens (tertiary/aromatic N) is 28. The van der Waals surface area contributed by atoms with E-state index in [2.05, 4.69) is 226 Å². The lowest BCUT2D eigenvalue weighted by Crippen LogP contribution is -2.23. The van der Waals surface area contributed by atoms with Crippen LogP contribution in [-0.4, -0.2) is 174 Å². The van der Waals surface area contributed by atoms with Gasteiger partial charge in [0.05, 0.1) is 0 Å². The monoisotopic (exact) mass is 1830 g/mol. The number of aryl methyl sites for hydroxylation is 10. The molecule has 0 amide bonds. The van der Waals surface area contributed by atoms with Gasteiger partial charge in [-0.15, -0.1) is 0 Å². The van der Waals surface area contributed by atoms with Gasteiger partial charge < -0.3 is 86.7 Å². The number of para-hydroxylation sites is 2. The van der Waals surface area contributed by atoms with Crippen molar-refractivity contribution in [2.45, 2.75) is 107 Å². The summed E-state index contributed by atoms with van der Waals surface area (Å²) in [5.74, 6) is 11.5. The maximum Gasteiger partial charge on any atom is 0.234 e. The average molecular weight is 1830 g/mol. The highest BCUT2D eigenvalue weighted by Crippen LogP contribution is 2.21. The number of anilines is 18. The van der Waals surface area contributed by atoms with Crippen molar-refractivity contribution in [1.82, 2.24) is 120 Å². The molecule has 136 heavy (non-hydrogen) atoms. The summed E-state index contributed by atoms with van der Waals surface area (Å²) in [6, 6.07) is 81.1. The summed E-state index contributed by atoms with van der Waals surface area (Å²) in [4.78, 5) is 105. The van der Waals surface area contributed by atoms with E-state index in [-0.39, 0.29) is 47.6 Å². The molecule has 40 heteroatoms. The van der Waals surface area contributed by atoms with Crippen molar-refractivity contribution in [2.24, 2.45) is 0 Å². The van der Waals surface area contributed by atoms with Gasteiger partial charge in [-0.3, -0.25) is 0 Å². The van der Waals surface area contributed by atoms with Gasteiger partial charge in [0.1, 0.15) is 46.6 Å². The van der Waals surface area contributed by atoms with E-state index >= 15 is 0 Å². The van der Waals surface area contributed by atoms with Crippen molar-refractivity contribution in [3.8, 4) is 0 Å². The third-order valence-electron chi connectivity index (χ3n) is 18.8. The number of nitrogen functional groups attached to an aromatic ring is 8. The first-order valence-corrected chi connectivity index (χ1v) is 43.6. The van der Waals surface area contributed by atoms with E-state index in [1.54, 1.807) is 41.5 Å². The largest absolute Gasteiger partial charge is 0.368 e. The summed E-state index contributed by atoms with van der Waals surface area (Å²) in [7, 11) is 7.75. The predicted octanol–water partition coefficient (Wildman–Crippen LogP) is 12.3. The number of nitrogens with one attached hydrogen (secondary N) is 4. The third kappa shape index (κ3) is 39.1. The summed E-state index contributed by atoms with van der Waals surface area (Å²) in [6.07, 6.45) is 6.02. The predicted molar refractivity (Wildman–Crippen MR) is 542 cm³/mol. The Morgan fingerprint density at radius 2 is 0.507 bits per heavy atom. The molecule has 20 N–H and O–H groups in total. The fraction of sp³-hybridized carbons (Fsp3) is 0.250. The Balaban J connectivity index is 0.000000174. The molecule has 0 unspecified atom stereocenters. The van der Waals surface area contributed by atoms with Gasteiger partial charge in [0.2, 0.25) is 95.2 Å². The number of rotatable bonds is 28. The van der Waals surface area contributed by atoms with E-state index in [4.69, 9.17) is 45.9 Å². The second-order valence-corrected chi connectivity index (χ2v) is 30.3. The average Bonchev–Trinajstić information content (AvgIpc) is 0.844. The van der Waals surface area contributed by atoms with Gasteiger partial charge in [-0.2, -0.15) is 120 Å². The Morgan fingerprint density at radius 3 is 0.897 bits per heavy atom. The number of nitrogens with two attached hydrogens (primary N) is 8. The quantitative estimate of drug-likeness (QED) is 0.0203. The van der Waals surface area contributed by atoms with E-state index in [0.717, 1.165) is 82.6 Å². The number of hydrogen-bond donors (Lipinski definition) is 12. The molecule has 0 atom stereocenters. The standard InChI is InChI=1S/C14H19N5.2C13H17N5.2C12H15N5.2C11H13N5.C10H11N5/c1-11-16-13(15)18-14(17-11)19(2)10-6-9-12-7-4-3-5-8-12;1-10-15-12(14)17-13(16-10)18(2)9-8-11-6-4-3-5-7-11;1-10-16-12(14)18-13(17-10)15-9-5-8-11-6-3-2-4-7-11;1-9-14-11(13)16-12(15-9)17(2)8-10-6-4-3-5-7-10;1-9-15-11(13)17-12(16-9)14-8-7-10-5-3-2-4-6-10;1-8-13-10(12)15-11(14-8)16(2)9-6-4-3-5-7-9;1-8-14-10(12)16-11(15-8)13-7-9-5-3-2-4-6-9;1-7-12-9(11)15-10(13-7)14-8-5-3-2-4-6-8/h3-5,7-8H,6,9-10H2,1-2H3,(H2,15,16,17,18);3-7H,8-9H2,1-2H3,(H2,14,15,16,17);2-4,6-7H,5,8-9H2,1H3,(H3,14,15,16,17,18);3-7H,8H2,1-2H3,(H2,13,14,15,16);2-6H,7-8H2,1H3,(H3,13,14,15,16,17);3-7H,1-2H3,(H2,12,13,14,15);2-6H,7H2,1H3,(H3,12,13,14,15,16);2-6H,1H3,(H3,11,12,13,14,15). The Bertz CT molecular complexity index is 6020. The van der Waals surface area contributed by atoms with Crippen LogP contribution in [0.15, 0.2) is 243 Å². The third-order valence-corrected chi connectivity index (χ3v) is 18.8. The highest BCUT2D eigenvalue weighted by atomic mass is 15.3. The Morgan fingerprint density at radius 1 is 0.228 bits per heavy atom. The molecule has 0 aliphatic carbocycles. The molecule has 8 aromatic heterocycles. The molecular formula is C96H120N40. The maximum atomic E-state index is 5.63. The van der Waals surface area contributed by atoms with Crippen LogP contribution in [0.4, 0.5) is 107 Å². The van der Waals surface area contributed by atoms with Crippen LogP contribution in [0.3, 0.4) is 0 Å². The Hall–Kier alpha value is -17.4. The molecule has 0 aliphatic rings. The lowest BCUT2D eigenvalue weighted by Gasteiger charge is -2.17. The van der Waals surface area contributed by atoms with Gasteiger partial charge in [0.15, 0.2) is 0 Å². The SMILES string of the molecule is Cc1nc(N)nc(N(C)CCCc2ccccc2)n1.Cc1nc(N)nc(N(C)CCc2ccccc2)n1.Cc1nc(N)nc(N(C)Cc2ccccc2)n1.Cc1nc(N)nc(N(C)c2ccccc2)n1.Cc1nc(N)nc(NCCCc2ccccc2)n1.Cc1nc(N)nc(NCCc2ccccc2)n1.Cc1nc(N)nc(NCc2ccccc2)n1.Cc1nc(N)nc(Nc2ccccc2)n1. The van der Waals surface area contributed by atoms with Crippen molar-refractivity contribution < 1.29 is 0 Å². The molecule has 16 rings (SSSR count). The molecule has 0 bridgehead atoms. The van der Waals surface area contributed by atoms with E-state index < -0.39 is 0 Å². The maximum absolute atomic E-state index is 5.63. The van der Waals surface area contributed by atoms with Crippen LogP contribution in [0.2, 0.25) is 0 Å². The molecule has 0 saturated carbocycles. The Labute approximate surface area is 792 Å². The van der Waals surface area contributed by atoms with Gasteiger partial charge in [-0.25, -0.2) is 0 Å². The zero-order valence-corrected chi connectivity index (χ0v) is 78.7. The molecule has 0 radical (unpaired) electrons. The minimum atomic E-state index is 0.223. The van der Waals surface area contributed by atoms with E-state index in [9.17, 15) is 0 Å². The summed E-state index contributed by atoms with van der Waals surface area (Å²) in [5.41, 5.74) is 54.1. The first kappa shape index (κ1) is 102. The van der Waals surface area contributed by atoms with Crippen LogP contribution < -0.4 is 86.7 Å². The molecule has 0 saturated heterocycles. The lowest BCUT2D eigenvalue weighted by molar-refractivity contribution is 0.759. The van der Waals surface area contributed by atoms with Gasteiger partial charge >= 0.3 is 0 Å². The summed E-state index contributed by atoms with van der Waals surface area (Å²) >= 11 is 0. The van der Waals surface area contributed by atoms with Gasteiger partial charge in [0.25, 0.3) is 0 Å². The van der Waals surface area contributed by atoms with Crippen LogP contribution in [0.1, 0.15) is 92.8 Å². The van der Waals surface area contributed by atoms with E-state index in [1.807, 2.05) is 219 Å². The number of aromatic nitrogens is 24. The zero-order chi connectivity index (χ0) is 97.4. The molecule has 704 valence electrons. The smallest absolute Gasteiger partial charge is 0.234 e. The summed E-state index contributed by atoms with van der Waals surface area (Å²) in [5, 5.41) is 12.4. The molecule has 0 fully saturated rings. The zero-order valence-electron chi connectivity index (χ0n) is 78.7. The molecule has 0 aliphatic heterocycles. The lowest BCUT2D eigenvalue weighted by atomic mass is 10.1. The van der Waals surface area contributed by atoms with Crippen LogP contribution >= 0.6 is 0 Å². The van der Waals surface area contributed by atoms with Crippen LogP contribution in [-0.2, 0) is 38.8 Å². The topological polar surface area (TPSA) is 579 Å². The fourth-order valence-electron chi connectivity index (χ4n) is 12.4. The highest BCUT2D eigenvalue weighted by Gasteiger charge is 2.14. The first-order chi connectivity index (χ1) is 65.6. The van der Waals surface area contributed by atoms with Gasteiger partial charge in [0, 0.05) is 78.8 Å². The molecule has 16 aromatic rings. The van der Waals surface area contributed by atoms with Gasteiger partial charge in [-0.1, -0.05) is 218 Å². The minimum Gasteiger partial charge on any atom is -0.368 e. The first-order valence-electron chi connectivity index (χ1n) is 43.6. The normalized spacial score (nSPS) is 10.2. The Kier molecular flexibility index (Phi) is 41.4. The van der Waals surface area contributed by atoms with E-state index in [1.165, 1.54) is 33.4 Å². The van der Waals surface area contributed by atoms with Crippen LogP contribution in [0, 0.1) is 55.4 Å².